The summed E-state index contributed by atoms with van der Waals surface area (Å²) in [4.78, 5) is 23.4. The molecule has 1 aromatic carbocycles. The van der Waals surface area contributed by atoms with Crippen LogP contribution in [0.15, 0.2) is 28.8 Å². The molecule has 0 radical (unpaired) electrons. The first-order chi connectivity index (χ1) is 10.2. The second-order valence-electron chi connectivity index (χ2n) is 4.71. The van der Waals surface area contributed by atoms with Gasteiger partial charge < -0.3 is 14.8 Å². The van der Waals surface area contributed by atoms with E-state index in [0.717, 1.165) is 16.9 Å². The summed E-state index contributed by atoms with van der Waals surface area (Å²) in [6.07, 6.45) is 0.745. The Morgan fingerprint density at radius 1 is 1.33 bits per heavy atom. The zero-order valence-electron chi connectivity index (χ0n) is 11.6. The Kier molecular flexibility index (Phi) is 3.63. The van der Waals surface area contributed by atoms with Crippen LogP contribution in [0.4, 0.5) is 0 Å². The molecule has 0 aliphatic carbocycles. The number of amides is 1. The maximum atomic E-state index is 11.8. The zero-order chi connectivity index (χ0) is 14.7. The van der Waals surface area contributed by atoms with Crippen molar-refractivity contribution < 1.29 is 9.32 Å². The Labute approximate surface area is 120 Å². The fourth-order valence-corrected chi connectivity index (χ4v) is 2.02. The van der Waals surface area contributed by atoms with Crippen molar-refractivity contribution in [3.63, 3.8) is 0 Å². The number of benzene rings is 1. The van der Waals surface area contributed by atoms with Gasteiger partial charge in [-0.15, -0.1) is 0 Å². The number of para-hydroxylation sites is 2. The number of hydrogen-bond donors (Lipinski definition) is 2. The number of fused-ring (bicyclic) bond motifs is 1. The Balaban J connectivity index is 1.51. The lowest BCUT2D eigenvalue weighted by atomic mass is 10.3. The maximum Gasteiger partial charge on any atom is 0.227 e. The number of rotatable bonds is 5. The van der Waals surface area contributed by atoms with Gasteiger partial charge in [-0.05, 0) is 19.1 Å². The molecular formula is C14H15N5O2. The highest BCUT2D eigenvalue weighted by molar-refractivity contribution is 5.77. The molecule has 0 saturated heterocycles. The summed E-state index contributed by atoms with van der Waals surface area (Å²) >= 11 is 0. The van der Waals surface area contributed by atoms with Gasteiger partial charge in [0.05, 0.1) is 17.6 Å². The molecule has 3 rings (SSSR count). The highest BCUT2D eigenvalue weighted by atomic mass is 16.5. The van der Waals surface area contributed by atoms with Crippen molar-refractivity contribution in [1.82, 2.24) is 25.4 Å². The summed E-state index contributed by atoms with van der Waals surface area (Å²) in [5.74, 6) is 1.71. The predicted molar refractivity (Wildman–Crippen MR) is 75.3 cm³/mol. The quantitative estimate of drug-likeness (QED) is 0.740. The first kappa shape index (κ1) is 13.3. The molecule has 7 heteroatoms. The Bertz CT molecular complexity index is 728. The van der Waals surface area contributed by atoms with Gasteiger partial charge in [-0.25, -0.2) is 4.98 Å². The van der Waals surface area contributed by atoms with Gasteiger partial charge in [0.1, 0.15) is 5.82 Å². The molecule has 2 aromatic heterocycles. The Morgan fingerprint density at radius 3 is 2.95 bits per heavy atom. The third kappa shape index (κ3) is 3.25. The molecule has 2 heterocycles. The molecule has 0 aliphatic heterocycles. The summed E-state index contributed by atoms with van der Waals surface area (Å²) in [5, 5.41) is 6.49. The topological polar surface area (TPSA) is 96.7 Å². The van der Waals surface area contributed by atoms with Crippen molar-refractivity contribution in [2.45, 2.75) is 26.3 Å². The molecule has 0 spiro atoms. The van der Waals surface area contributed by atoms with Crippen molar-refractivity contribution in [2.24, 2.45) is 0 Å². The first-order valence-electron chi connectivity index (χ1n) is 6.70. The lowest BCUT2D eigenvalue weighted by molar-refractivity contribution is -0.121. The SMILES string of the molecule is Cc1noc(CCC(=O)NCc2nc3ccccc3[nH]2)n1. The monoisotopic (exact) mass is 285 g/mol. The minimum Gasteiger partial charge on any atom is -0.349 e. The van der Waals surface area contributed by atoms with Crippen LogP contribution < -0.4 is 5.32 Å². The van der Waals surface area contributed by atoms with Crippen molar-refractivity contribution in [3.8, 4) is 0 Å². The lowest BCUT2D eigenvalue weighted by Gasteiger charge is -2.01. The van der Waals surface area contributed by atoms with Crippen molar-refractivity contribution in [3.05, 3.63) is 41.8 Å². The van der Waals surface area contributed by atoms with Crippen LogP contribution in [0.1, 0.15) is 24.0 Å². The maximum absolute atomic E-state index is 11.8. The number of H-pyrrole nitrogens is 1. The third-order valence-corrected chi connectivity index (χ3v) is 3.03. The Morgan fingerprint density at radius 2 is 2.19 bits per heavy atom. The predicted octanol–water partition coefficient (Wildman–Crippen LogP) is 1.50. The van der Waals surface area contributed by atoms with E-state index in [4.69, 9.17) is 4.52 Å². The van der Waals surface area contributed by atoms with E-state index in [0.29, 0.717) is 31.1 Å². The van der Waals surface area contributed by atoms with Crippen LogP contribution in [0.3, 0.4) is 0 Å². The smallest absolute Gasteiger partial charge is 0.227 e. The molecule has 0 saturated carbocycles. The van der Waals surface area contributed by atoms with Crippen LogP contribution in [0.2, 0.25) is 0 Å². The van der Waals surface area contributed by atoms with Crippen molar-refractivity contribution in [2.75, 3.05) is 0 Å². The molecule has 1 amide bonds. The van der Waals surface area contributed by atoms with E-state index in [1.54, 1.807) is 6.92 Å². The highest BCUT2D eigenvalue weighted by Gasteiger charge is 2.08. The minimum atomic E-state index is -0.0775. The van der Waals surface area contributed by atoms with Crippen LogP contribution in [0, 0.1) is 6.92 Å². The van der Waals surface area contributed by atoms with E-state index >= 15 is 0 Å². The van der Waals surface area contributed by atoms with E-state index in [1.807, 2.05) is 24.3 Å². The van der Waals surface area contributed by atoms with Gasteiger partial charge in [-0.2, -0.15) is 4.98 Å². The van der Waals surface area contributed by atoms with Gasteiger partial charge in [0.25, 0.3) is 0 Å². The van der Waals surface area contributed by atoms with Gasteiger partial charge in [0.15, 0.2) is 5.82 Å². The second kappa shape index (κ2) is 5.74. The zero-order valence-corrected chi connectivity index (χ0v) is 11.6. The minimum absolute atomic E-state index is 0.0775. The Hall–Kier alpha value is -2.70. The fourth-order valence-electron chi connectivity index (χ4n) is 2.02. The van der Waals surface area contributed by atoms with Crippen LogP contribution in [0.25, 0.3) is 11.0 Å². The normalized spacial score (nSPS) is 10.9. The highest BCUT2D eigenvalue weighted by Crippen LogP contribution is 2.10. The van der Waals surface area contributed by atoms with Gasteiger partial charge in [0.2, 0.25) is 11.8 Å². The fraction of sp³-hybridized carbons (Fsp3) is 0.286. The molecule has 108 valence electrons. The van der Waals surface area contributed by atoms with E-state index in [1.165, 1.54) is 0 Å². The summed E-state index contributed by atoms with van der Waals surface area (Å²) in [6.45, 7) is 2.12. The van der Waals surface area contributed by atoms with E-state index in [9.17, 15) is 4.79 Å². The molecular weight excluding hydrogens is 270 g/mol. The molecule has 0 atom stereocenters. The van der Waals surface area contributed by atoms with E-state index in [-0.39, 0.29) is 5.91 Å². The van der Waals surface area contributed by atoms with Crippen molar-refractivity contribution >= 4 is 16.9 Å². The number of carbonyl (C=O) groups is 1. The molecule has 0 bridgehead atoms. The summed E-state index contributed by atoms with van der Waals surface area (Å²) in [7, 11) is 0. The molecule has 3 aromatic rings. The number of nitrogens with zero attached hydrogens (tertiary/aromatic N) is 3. The molecule has 0 aliphatic rings. The van der Waals surface area contributed by atoms with Gasteiger partial charge in [-0.3, -0.25) is 4.79 Å². The number of hydrogen-bond acceptors (Lipinski definition) is 5. The van der Waals surface area contributed by atoms with Gasteiger partial charge in [0, 0.05) is 12.8 Å². The lowest BCUT2D eigenvalue weighted by Crippen LogP contribution is -2.23. The third-order valence-electron chi connectivity index (χ3n) is 3.03. The number of aromatic nitrogens is 4. The molecule has 2 N–H and O–H groups in total. The van der Waals surface area contributed by atoms with Crippen LogP contribution in [0.5, 0.6) is 0 Å². The second-order valence-corrected chi connectivity index (χ2v) is 4.71. The van der Waals surface area contributed by atoms with Gasteiger partial charge >= 0.3 is 0 Å². The summed E-state index contributed by atoms with van der Waals surface area (Å²) in [5.41, 5.74) is 1.85. The first-order valence-corrected chi connectivity index (χ1v) is 6.70. The number of aryl methyl sites for hydroxylation is 2. The van der Waals surface area contributed by atoms with E-state index < -0.39 is 0 Å². The van der Waals surface area contributed by atoms with Crippen LogP contribution in [-0.4, -0.2) is 26.0 Å². The van der Waals surface area contributed by atoms with E-state index in [2.05, 4.69) is 25.4 Å². The number of imidazole rings is 1. The summed E-state index contributed by atoms with van der Waals surface area (Å²) < 4.78 is 4.96. The van der Waals surface area contributed by atoms with Crippen LogP contribution in [-0.2, 0) is 17.8 Å². The number of aromatic amines is 1. The largest absolute Gasteiger partial charge is 0.349 e. The molecule has 0 fully saturated rings. The average molecular weight is 285 g/mol. The van der Waals surface area contributed by atoms with Crippen LogP contribution >= 0.6 is 0 Å². The number of carbonyl (C=O) groups excluding carboxylic acids is 1. The number of nitrogens with one attached hydrogen (secondary N) is 2. The molecule has 0 unspecified atom stereocenters. The standard InChI is InChI=1S/C14H15N5O2/c1-9-16-14(21-19-9)7-6-13(20)15-8-12-17-10-4-2-3-5-11(10)18-12/h2-5H,6-8H2,1H3,(H,15,20)(H,17,18). The molecule has 21 heavy (non-hydrogen) atoms. The molecule has 7 nitrogen and oxygen atoms in total. The van der Waals surface area contributed by atoms with Crippen molar-refractivity contribution in [1.29, 1.82) is 0 Å². The summed E-state index contributed by atoms with van der Waals surface area (Å²) in [6, 6.07) is 7.74. The average Bonchev–Trinajstić information content (AvgIpc) is 3.08. The van der Waals surface area contributed by atoms with Gasteiger partial charge in [-0.1, -0.05) is 17.3 Å².